The highest BCUT2D eigenvalue weighted by Gasteiger charge is 2.45. The number of Topliss-reactive ketones (excluding diaryl/α,β-unsaturated/α-hetero) is 1. The van der Waals surface area contributed by atoms with Gasteiger partial charge in [0.2, 0.25) is 0 Å². The van der Waals surface area contributed by atoms with Gasteiger partial charge in [-0.15, -0.1) is 0 Å². The van der Waals surface area contributed by atoms with Gasteiger partial charge in [-0.2, -0.15) is 0 Å². The van der Waals surface area contributed by atoms with Gasteiger partial charge in [-0.1, -0.05) is 133 Å². The summed E-state index contributed by atoms with van der Waals surface area (Å²) in [7, 11) is 0. The van der Waals surface area contributed by atoms with Crippen molar-refractivity contribution in [1.82, 2.24) is 4.90 Å². The van der Waals surface area contributed by atoms with Crippen LogP contribution in [0.1, 0.15) is 47.9 Å². The smallest absolute Gasteiger partial charge is 0.164 e. The average molecular weight is 526 g/mol. The highest BCUT2D eigenvalue weighted by molar-refractivity contribution is 6.02. The summed E-state index contributed by atoms with van der Waals surface area (Å²) in [4.78, 5) is 17.2. The number of fused-ring (bicyclic) bond motifs is 1. The van der Waals surface area contributed by atoms with Gasteiger partial charge in [0.25, 0.3) is 0 Å². The minimum atomic E-state index is 0.0340. The molecule has 4 aromatic rings. The molecule has 1 fully saturated rings. The van der Waals surface area contributed by atoms with E-state index in [9.17, 15) is 4.79 Å². The lowest BCUT2D eigenvalue weighted by atomic mass is 9.78. The largest absolute Gasteiger partial charge is 0.294 e. The zero-order chi connectivity index (χ0) is 27.1. The Morgan fingerprint density at radius 2 is 1.12 bits per heavy atom. The van der Waals surface area contributed by atoms with Crippen LogP contribution in [0.5, 0.6) is 0 Å². The lowest BCUT2D eigenvalue weighted by molar-refractivity contribution is -0.120. The van der Waals surface area contributed by atoms with E-state index in [2.05, 4.69) is 126 Å². The zero-order valence-corrected chi connectivity index (χ0v) is 23.3. The van der Waals surface area contributed by atoms with E-state index in [1.165, 1.54) is 40.7 Å². The lowest BCUT2D eigenvalue weighted by Gasteiger charge is -2.34. The van der Waals surface area contributed by atoms with Crippen LogP contribution in [0.2, 0.25) is 0 Å². The van der Waals surface area contributed by atoms with E-state index in [0.717, 1.165) is 44.3 Å². The van der Waals surface area contributed by atoms with Crippen LogP contribution in [0.15, 0.2) is 132 Å². The van der Waals surface area contributed by atoms with Crippen molar-refractivity contribution in [2.24, 2.45) is 11.8 Å². The fraction of sp³-hybridized carbons (Fsp3) is 0.289. The van der Waals surface area contributed by atoms with E-state index in [-0.39, 0.29) is 12.0 Å². The molecule has 1 saturated carbocycles. The molecule has 0 radical (unpaired) electrons. The van der Waals surface area contributed by atoms with Crippen molar-refractivity contribution in [3.05, 3.63) is 155 Å². The average Bonchev–Trinajstić information content (AvgIpc) is 3.28. The van der Waals surface area contributed by atoms with Crippen LogP contribution in [0, 0.1) is 11.8 Å². The normalized spacial score (nSPS) is 19.6. The van der Waals surface area contributed by atoms with Crippen molar-refractivity contribution in [3.63, 3.8) is 0 Å². The molecule has 0 unspecified atom stereocenters. The summed E-state index contributed by atoms with van der Waals surface area (Å²) in [5.41, 5.74) is 7.73. The Bertz CT molecular complexity index is 1370. The number of carbonyl (C=O) groups is 1. The van der Waals surface area contributed by atoms with Gasteiger partial charge in [-0.25, -0.2) is 0 Å². The third-order valence-corrected chi connectivity index (χ3v) is 8.89. The van der Waals surface area contributed by atoms with Crippen LogP contribution in [0.25, 0.3) is 0 Å². The molecule has 0 aliphatic heterocycles. The molecule has 2 aliphatic carbocycles. The third kappa shape index (κ3) is 6.03. The number of nitrogens with zero attached hydrogens (tertiary/aromatic N) is 1. The first-order chi connectivity index (χ1) is 19.8. The van der Waals surface area contributed by atoms with E-state index in [0.29, 0.717) is 11.7 Å². The van der Waals surface area contributed by atoms with Crippen molar-refractivity contribution < 1.29 is 4.79 Å². The fourth-order valence-electron chi connectivity index (χ4n) is 7.00. The molecule has 202 valence electrons. The number of benzene rings is 4. The van der Waals surface area contributed by atoms with E-state index >= 15 is 0 Å². The number of rotatable bonds is 10. The molecular formula is C38H39NO. The van der Waals surface area contributed by atoms with Crippen molar-refractivity contribution in [1.29, 1.82) is 0 Å². The minimum Gasteiger partial charge on any atom is -0.294 e. The maximum Gasteiger partial charge on any atom is 0.164 e. The third-order valence-electron chi connectivity index (χ3n) is 8.89. The van der Waals surface area contributed by atoms with Crippen molar-refractivity contribution in [3.8, 4) is 0 Å². The Morgan fingerprint density at radius 3 is 1.68 bits per heavy atom. The van der Waals surface area contributed by atoms with Crippen LogP contribution in [0.4, 0.5) is 0 Å². The summed E-state index contributed by atoms with van der Waals surface area (Å²) in [6.45, 7) is 1.62. The van der Waals surface area contributed by atoms with Crippen LogP contribution in [-0.2, 0) is 30.7 Å². The first-order valence-corrected chi connectivity index (χ1v) is 14.9. The number of allylic oxidation sites excluding steroid dienone is 1. The van der Waals surface area contributed by atoms with Crippen molar-refractivity contribution >= 4 is 5.78 Å². The molecule has 0 spiro atoms. The number of carbonyl (C=O) groups excluding carboxylic acids is 1. The molecular weight excluding hydrogens is 486 g/mol. The topological polar surface area (TPSA) is 20.3 Å². The predicted octanol–water partition coefficient (Wildman–Crippen LogP) is 8.23. The fourth-order valence-corrected chi connectivity index (χ4v) is 7.00. The molecule has 6 rings (SSSR count). The molecule has 0 bridgehead atoms. The van der Waals surface area contributed by atoms with Crippen LogP contribution < -0.4 is 0 Å². The molecule has 2 aliphatic rings. The molecule has 0 N–H and O–H groups in total. The summed E-state index contributed by atoms with van der Waals surface area (Å²) in [6.07, 6.45) is 6.30. The van der Waals surface area contributed by atoms with E-state index in [1.807, 2.05) is 0 Å². The van der Waals surface area contributed by atoms with Crippen LogP contribution >= 0.6 is 0 Å². The van der Waals surface area contributed by atoms with Crippen LogP contribution in [-0.4, -0.2) is 16.7 Å². The van der Waals surface area contributed by atoms with Crippen molar-refractivity contribution in [2.45, 2.75) is 57.7 Å². The first kappa shape index (κ1) is 26.5. The molecule has 2 nitrogen and oxygen atoms in total. The second-order valence-corrected chi connectivity index (χ2v) is 11.5. The van der Waals surface area contributed by atoms with Gasteiger partial charge in [0.05, 0.1) is 0 Å². The summed E-state index contributed by atoms with van der Waals surface area (Å²) < 4.78 is 0. The Kier molecular flexibility index (Phi) is 8.35. The molecule has 40 heavy (non-hydrogen) atoms. The minimum absolute atomic E-state index is 0.0340. The van der Waals surface area contributed by atoms with Gasteiger partial charge in [0.1, 0.15) is 0 Å². The Morgan fingerprint density at radius 1 is 0.625 bits per heavy atom. The van der Waals surface area contributed by atoms with Gasteiger partial charge in [-0.05, 0) is 60.3 Å². The summed E-state index contributed by atoms with van der Waals surface area (Å²) in [6, 6.07) is 43.0. The Hall–Kier alpha value is -3.75. The molecule has 0 saturated heterocycles. The van der Waals surface area contributed by atoms with Gasteiger partial charge >= 0.3 is 0 Å². The Balaban J connectivity index is 1.42. The summed E-state index contributed by atoms with van der Waals surface area (Å²) >= 11 is 0. The highest BCUT2D eigenvalue weighted by Crippen LogP contribution is 2.47. The SMILES string of the molecule is O=C1C([C@H](Cc2ccccc2)N(Cc2ccccc2)Cc2ccccc2)=C2CCCC[C@H]2[C@@H]1Cc1ccccc1. The molecule has 3 atom stereocenters. The summed E-state index contributed by atoms with van der Waals surface area (Å²) in [5.74, 6) is 0.837. The van der Waals surface area contributed by atoms with E-state index in [1.54, 1.807) is 0 Å². The molecule has 0 aromatic heterocycles. The van der Waals surface area contributed by atoms with Crippen molar-refractivity contribution in [2.75, 3.05) is 0 Å². The standard InChI is InChI=1S/C38H39NO/c40-38-35(25-29-15-5-1-6-16-29)33-23-13-14-24-34(33)37(38)36(26-30-17-7-2-8-18-30)39(27-31-19-9-3-10-20-31)28-32-21-11-4-12-22-32/h1-12,15-22,33,35-36H,13-14,23-28H2/t33-,35+,36+/m1/s1. The van der Waals surface area contributed by atoms with E-state index < -0.39 is 0 Å². The highest BCUT2D eigenvalue weighted by atomic mass is 16.1. The summed E-state index contributed by atoms with van der Waals surface area (Å²) in [5, 5.41) is 0. The van der Waals surface area contributed by atoms with E-state index in [4.69, 9.17) is 0 Å². The molecule has 0 heterocycles. The monoisotopic (exact) mass is 525 g/mol. The molecule has 2 heteroatoms. The number of hydrogen-bond donors (Lipinski definition) is 0. The van der Waals surface area contributed by atoms with Crippen LogP contribution in [0.3, 0.4) is 0 Å². The quantitative estimate of drug-likeness (QED) is 0.208. The number of ketones is 1. The zero-order valence-electron chi connectivity index (χ0n) is 23.3. The lowest BCUT2D eigenvalue weighted by Crippen LogP contribution is -2.40. The van der Waals surface area contributed by atoms with Gasteiger partial charge in [-0.3, -0.25) is 9.69 Å². The molecule has 0 amide bonds. The predicted molar refractivity (Wildman–Crippen MR) is 164 cm³/mol. The first-order valence-electron chi connectivity index (χ1n) is 14.9. The van der Waals surface area contributed by atoms with Gasteiger partial charge in [0.15, 0.2) is 5.78 Å². The molecule has 4 aromatic carbocycles. The maximum absolute atomic E-state index is 14.6. The second kappa shape index (κ2) is 12.6. The van der Waals surface area contributed by atoms with Gasteiger partial charge in [0, 0.05) is 30.6 Å². The Labute approximate surface area is 239 Å². The maximum atomic E-state index is 14.6. The second-order valence-electron chi connectivity index (χ2n) is 11.5. The number of hydrogen-bond acceptors (Lipinski definition) is 2. The van der Waals surface area contributed by atoms with Gasteiger partial charge < -0.3 is 0 Å².